The molecule has 0 aromatic heterocycles. The molecule has 4 heteroatoms. The summed E-state index contributed by atoms with van der Waals surface area (Å²) in [6.45, 7) is 8.01. The van der Waals surface area contributed by atoms with Crippen molar-refractivity contribution in [3.63, 3.8) is 0 Å². The van der Waals surface area contributed by atoms with Crippen LogP contribution in [0.2, 0.25) is 0 Å². The first-order valence-electron chi connectivity index (χ1n) is 5.29. The molecule has 0 aliphatic rings. The zero-order valence-corrected chi connectivity index (χ0v) is 10.4. The quantitative estimate of drug-likeness (QED) is 0.723. The van der Waals surface area contributed by atoms with E-state index >= 15 is 0 Å². The van der Waals surface area contributed by atoms with Crippen molar-refractivity contribution in [1.29, 1.82) is 0 Å². The number of carbonyl (C=O) groups excluding carboxylic acids is 1. The van der Waals surface area contributed by atoms with Gasteiger partial charge in [-0.1, -0.05) is 0 Å². The van der Waals surface area contributed by atoms with Crippen LogP contribution in [0.3, 0.4) is 0 Å². The average Bonchev–Trinajstić information content (AvgIpc) is 2.12. The third-order valence-electron chi connectivity index (χ3n) is 2.41. The Hall–Kier alpha value is -0.610. The topological polar surface area (TPSA) is 49.8 Å². The standard InChI is InChI=1S/C11H23NO3/c1-9(2)12(6-7-13)10(14)8-11(3,4)15-5/h9,13H,6-8H2,1-5H3. The summed E-state index contributed by atoms with van der Waals surface area (Å²) in [5.41, 5.74) is -0.445. The van der Waals surface area contributed by atoms with E-state index < -0.39 is 5.60 Å². The number of ether oxygens (including phenoxy) is 1. The van der Waals surface area contributed by atoms with Crippen LogP contribution in [0, 0.1) is 0 Å². The fourth-order valence-corrected chi connectivity index (χ4v) is 1.32. The predicted molar refractivity (Wildman–Crippen MR) is 59.6 cm³/mol. The lowest BCUT2D eigenvalue weighted by Crippen LogP contribution is -2.42. The molecule has 1 N–H and O–H groups in total. The summed E-state index contributed by atoms with van der Waals surface area (Å²) in [6, 6.07) is 0.109. The molecule has 15 heavy (non-hydrogen) atoms. The van der Waals surface area contributed by atoms with Crippen LogP contribution in [0.4, 0.5) is 0 Å². The molecular weight excluding hydrogens is 194 g/mol. The van der Waals surface area contributed by atoms with Crippen molar-refractivity contribution in [3.05, 3.63) is 0 Å². The van der Waals surface area contributed by atoms with Crippen LogP contribution in [0.5, 0.6) is 0 Å². The van der Waals surface area contributed by atoms with Gasteiger partial charge in [0.2, 0.25) is 5.91 Å². The largest absolute Gasteiger partial charge is 0.395 e. The van der Waals surface area contributed by atoms with Crippen molar-refractivity contribution in [2.75, 3.05) is 20.3 Å². The maximum atomic E-state index is 11.9. The van der Waals surface area contributed by atoms with Crippen LogP contribution in [0.15, 0.2) is 0 Å². The van der Waals surface area contributed by atoms with Gasteiger partial charge in [-0.2, -0.15) is 0 Å². The highest BCUT2D eigenvalue weighted by Gasteiger charge is 2.25. The molecule has 0 atom stereocenters. The number of hydrogen-bond acceptors (Lipinski definition) is 3. The van der Waals surface area contributed by atoms with E-state index in [0.717, 1.165) is 0 Å². The molecule has 0 saturated carbocycles. The summed E-state index contributed by atoms with van der Waals surface area (Å²) >= 11 is 0. The molecule has 0 aromatic carbocycles. The Balaban J connectivity index is 4.38. The first kappa shape index (κ1) is 14.4. The molecule has 0 saturated heterocycles. The molecule has 0 bridgehead atoms. The molecule has 0 rings (SSSR count). The van der Waals surface area contributed by atoms with Crippen molar-refractivity contribution in [2.24, 2.45) is 0 Å². The molecular formula is C11H23NO3. The van der Waals surface area contributed by atoms with Gasteiger partial charge >= 0.3 is 0 Å². The van der Waals surface area contributed by atoms with Crippen LogP contribution in [0.25, 0.3) is 0 Å². The number of aliphatic hydroxyl groups is 1. The van der Waals surface area contributed by atoms with Gasteiger partial charge in [-0.15, -0.1) is 0 Å². The number of hydrogen-bond donors (Lipinski definition) is 1. The Morgan fingerprint density at radius 3 is 2.33 bits per heavy atom. The number of carbonyl (C=O) groups is 1. The van der Waals surface area contributed by atoms with Crippen LogP contribution >= 0.6 is 0 Å². The number of nitrogens with zero attached hydrogens (tertiary/aromatic N) is 1. The Bertz CT molecular complexity index is 202. The second kappa shape index (κ2) is 6.08. The Kier molecular flexibility index (Phi) is 5.83. The number of amides is 1. The molecule has 0 heterocycles. The monoisotopic (exact) mass is 217 g/mol. The summed E-state index contributed by atoms with van der Waals surface area (Å²) in [5.74, 6) is 0.0194. The minimum atomic E-state index is -0.445. The first-order valence-corrected chi connectivity index (χ1v) is 5.29. The molecule has 0 unspecified atom stereocenters. The molecule has 0 aliphatic carbocycles. The van der Waals surface area contributed by atoms with Crippen molar-refractivity contribution in [1.82, 2.24) is 4.90 Å². The lowest BCUT2D eigenvalue weighted by atomic mass is 10.0. The van der Waals surface area contributed by atoms with Crippen molar-refractivity contribution < 1.29 is 14.6 Å². The van der Waals surface area contributed by atoms with Crippen LogP contribution in [0.1, 0.15) is 34.1 Å². The number of aliphatic hydroxyl groups excluding tert-OH is 1. The Labute approximate surface area is 92.2 Å². The summed E-state index contributed by atoms with van der Waals surface area (Å²) in [7, 11) is 1.60. The third-order valence-corrected chi connectivity index (χ3v) is 2.41. The minimum Gasteiger partial charge on any atom is -0.395 e. The van der Waals surface area contributed by atoms with Crippen LogP contribution in [-0.4, -0.2) is 47.8 Å². The van der Waals surface area contributed by atoms with E-state index in [2.05, 4.69) is 0 Å². The second-order valence-corrected chi connectivity index (χ2v) is 4.55. The lowest BCUT2D eigenvalue weighted by Gasteiger charge is -2.30. The highest BCUT2D eigenvalue weighted by Crippen LogP contribution is 2.15. The molecule has 0 aromatic rings. The molecule has 0 radical (unpaired) electrons. The van der Waals surface area contributed by atoms with E-state index in [1.54, 1.807) is 12.0 Å². The van der Waals surface area contributed by atoms with Gasteiger partial charge in [0, 0.05) is 19.7 Å². The molecule has 4 nitrogen and oxygen atoms in total. The van der Waals surface area contributed by atoms with Gasteiger partial charge in [-0.25, -0.2) is 0 Å². The number of methoxy groups -OCH3 is 1. The zero-order chi connectivity index (χ0) is 12.1. The van der Waals surface area contributed by atoms with E-state index in [1.807, 2.05) is 27.7 Å². The highest BCUT2D eigenvalue weighted by atomic mass is 16.5. The van der Waals surface area contributed by atoms with E-state index in [4.69, 9.17) is 9.84 Å². The molecule has 0 spiro atoms. The van der Waals surface area contributed by atoms with Crippen molar-refractivity contribution in [3.8, 4) is 0 Å². The summed E-state index contributed by atoms with van der Waals surface area (Å²) in [5, 5.41) is 8.86. The fourth-order valence-electron chi connectivity index (χ4n) is 1.32. The van der Waals surface area contributed by atoms with Crippen LogP contribution in [-0.2, 0) is 9.53 Å². The van der Waals surface area contributed by atoms with Gasteiger partial charge in [0.15, 0.2) is 0 Å². The summed E-state index contributed by atoms with van der Waals surface area (Å²) < 4.78 is 5.21. The average molecular weight is 217 g/mol. The van der Waals surface area contributed by atoms with Crippen molar-refractivity contribution >= 4 is 5.91 Å². The third kappa shape index (κ3) is 5.14. The molecule has 90 valence electrons. The van der Waals surface area contributed by atoms with Crippen molar-refractivity contribution in [2.45, 2.75) is 45.8 Å². The highest BCUT2D eigenvalue weighted by molar-refractivity contribution is 5.77. The Morgan fingerprint density at radius 2 is 2.00 bits per heavy atom. The van der Waals surface area contributed by atoms with E-state index in [1.165, 1.54) is 0 Å². The zero-order valence-electron chi connectivity index (χ0n) is 10.4. The molecule has 0 fully saturated rings. The SMILES string of the molecule is COC(C)(C)CC(=O)N(CCO)C(C)C. The van der Waals surface area contributed by atoms with Gasteiger partial charge in [0.25, 0.3) is 0 Å². The fraction of sp³-hybridized carbons (Fsp3) is 0.909. The number of rotatable bonds is 6. The normalized spacial score (nSPS) is 11.9. The summed E-state index contributed by atoms with van der Waals surface area (Å²) in [6.07, 6.45) is 0.335. The van der Waals surface area contributed by atoms with E-state index in [-0.39, 0.29) is 18.6 Å². The van der Waals surface area contributed by atoms with Gasteiger partial charge in [0.05, 0.1) is 18.6 Å². The van der Waals surface area contributed by atoms with Gasteiger partial charge in [-0.05, 0) is 27.7 Å². The molecule has 1 amide bonds. The van der Waals surface area contributed by atoms with Gasteiger partial charge in [-0.3, -0.25) is 4.79 Å². The minimum absolute atomic E-state index is 0.00265. The predicted octanol–water partition coefficient (Wildman–Crippen LogP) is 1.03. The summed E-state index contributed by atoms with van der Waals surface area (Å²) in [4.78, 5) is 13.6. The maximum absolute atomic E-state index is 11.9. The lowest BCUT2D eigenvalue weighted by molar-refractivity contribution is -0.138. The molecule has 0 aliphatic heterocycles. The van der Waals surface area contributed by atoms with E-state index in [0.29, 0.717) is 13.0 Å². The van der Waals surface area contributed by atoms with E-state index in [9.17, 15) is 4.79 Å². The van der Waals surface area contributed by atoms with Crippen LogP contribution < -0.4 is 0 Å². The van der Waals surface area contributed by atoms with Gasteiger partial charge < -0.3 is 14.7 Å². The first-order chi connectivity index (χ1) is 6.84. The maximum Gasteiger partial charge on any atom is 0.225 e. The smallest absolute Gasteiger partial charge is 0.225 e. The second-order valence-electron chi connectivity index (χ2n) is 4.55. The Morgan fingerprint density at radius 1 is 1.47 bits per heavy atom. The van der Waals surface area contributed by atoms with Gasteiger partial charge in [0.1, 0.15) is 0 Å².